The minimum absolute atomic E-state index is 0.270. The Morgan fingerprint density at radius 1 is 1.47 bits per heavy atom. The average Bonchev–Trinajstić information content (AvgIpc) is 2.85. The Morgan fingerprint density at radius 3 is 2.40 bits per heavy atom. The van der Waals surface area contributed by atoms with Gasteiger partial charge in [0.2, 0.25) is 5.91 Å². The minimum Gasteiger partial charge on any atom is -0.354 e. The lowest BCUT2D eigenvalue weighted by Gasteiger charge is -2.26. The van der Waals surface area contributed by atoms with Crippen molar-refractivity contribution < 1.29 is 18.0 Å². The second kappa shape index (κ2) is 4.00. The van der Waals surface area contributed by atoms with Gasteiger partial charge in [0.15, 0.2) is 5.54 Å². The van der Waals surface area contributed by atoms with E-state index in [1.54, 1.807) is 0 Å². The first-order valence-corrected chi connectivity index (χ1v) is 4.89. The van der Waals surface area contributed by atoms with Gasteiger partial charge in [0.1, 0.15) is 0 Å². The highest BCUT2D eigenvalue weighted by molar-refractivity contribution is 5.86. The molecule has 88 valence electrons. The van der Waals surface area contributed by atoms with Crippen molar-refractivity contribution in [3.8, 4) is 0 Å². The van der Waals surface area contributed by atoms with Gasteiger partial charge in [-0.25, -0.2) is 0 Å². The van der Waals surface area contributed by atoms with E-state index in [2.05, 4.69) is 5.32 Å². The molecule has 15 heavy (non-hydrogen) atoms. The van der Waals surface area contributed by atoms with Crippen LogP contribution in [0.1, 0.15) is 26.2 Å². The first kappa shape index (κ1) is 12.3. The number of hydrogen-bond donors (Lipinski definition) is 2. The van der Waals surface area contributed by atoms with Crippen LogP contribution in [0.2, 0.25) is 0 Å². The third-order valence-electron chi connectivity index (χ3n) is 2.60. The number of nitrogens with two attached hydrogens (primary N) is 1. The highest BCUT2D eigenvalue weighted by atomic mass is 19.4. The van der Waals surface area contributed by atoms with Crippen LogP contribution in [-0.2, 0) is 4.79 Å². The molecule has 1 aliphatic carbocycles. The van der Waals surface area contributed by atoms with Gasteiger partial charge in [-0.2, -0.15) is 13.2 Å². The van der Waals surface area contributed by atoms with Crippen LogP contribution >= 0.6 is 0 Å². The van der Waals surface area contributed by atoms with Crippen molar-refractivity contribution in [2.45, 2.75) is 37.9 Å². The highest BCUT2D eigenvalue weighted by Crippen LogP contribution is 2.32. The summed E-state index contributed by atoms with van der Waals surface area (Å²) in [6.07, 6.45) is -1.76. The predicted molar refractivity (Wildman–Crippen MR) is 49.0 cm³/mol. The van der Waals surface area contributed by atoms with Crippen LogP contribution in [0.15, 0.2) is 0 Å². The van der Waals surface area contributed by atoms with Gasteiger partial charge in [-0.3, -0.25) is 4.79 Å². The Morgan fingerprint density at radius 2 is 2.00 bits per heavy atom. The maximum absolute atomic E-state index is 12.3. The lowest BCUT2D eigenvalue weighted by atomic mass is 10.0. The number of halogens is 3. The maximum atomic E-state index is 12.3. The van der Waals surface area contributed by atoms with Crippen molar-refractivity contribution in [1.29, 1.82) is 0 Å². The van der Waals surface area contributed by atoms with Crippen LogP contribution in [0.5, 0.6) is 0 Å². The Kier molecular flexibility index (Phi) is 3.28. The molecular weight excluding hydrogens is 209 g/mol. The Balaban J connectivity index is 2.36. The second-order valence-corrected chi connectivity index (χ2v) is 4.19. The SMILES string of the molecule is CC(N)(C(=O)NCCC1CC1)C(F)(F)F. The fraction of sp³-hybridized carbons (Fsp3) is 0.889. The second-order valence-electron chi connectivity index (χ2n) is 4.19. The van der Waals surface area contributed by atoms with Crippen molar-refractivity contribution in [3.63, 3.8) is 0 Å². The summed E-state index contributed by atoms with van der Waals surface area (Å²) >= 11 is 0. The third kappa shape index (κ3) is 3.09. The van der Waals surface area contributed by atoms with E-state index in [-0.39, 0.29) is 6.54 Å². The summed E-state index contributed by atoms with van der Waals surface area (Å²) in [5, 5.41) is 2.22. The molecule has 0 saturated heterocycles. The fourth-order valence-corrected chi connectivity index (χ4v) is 1.11. The molecule has 3 nitrogen and oxygen atoms in total. The quantitative estimate of drug-likeness (QED) is 0.753. The van der Waals surface area contributed by atoms with E-state index >= 15 is 0 Å². The van der Waals surface area contributed by atoms with Crippen molar-refractivity contribution in [3.05, 3.63) is 0 Å². The van der Waals surface area contributed by atoms with E-state index in [0.29, 0.717) is 12.8 Å². The zero-order chi connectivity index (χ0) is 11.7. The molecule has 0 aliphatic heterocycles. The summed E-state index contributed by atoms with van der Waals surface area (Å²) in [5.74, 6) is -0.587. The number of carbonyl (C=O) groups is 1. The molecule has 1 rings (SSSR count). The first-order valence-electron chi connectivity index (χ1n) is 4.89. The fourth-order valence-electron chi connectivity index (χ4n) is 1.11. The van der Waals surface area contributed by atoms with Crippen LogP contribution in [0.3, 0.4) is 0 Å². The molecule has 0 aromatic rings. The lowest BCUT2D eigenvalue weighted by Crippen LogP contribution is -2.61. The molecule has 0 heterocycles. The summed E-state index contributed by atoms with van der Waals surface area (Å²) in [6, 6.07) is 0. The molecule has 0 radical (unpaired) electrons. The molecular formula is C9H15F3N2O. The average molecular weight is 224 g/mol. The smallest absolute Gasteiger partial charge is 0.354 e. The summed E-state index contributed by atoms with van der Waals surface area (Å²) in [4.78, 5) is 11.2. The summed E-state index contributed by atoms with van der Waals surface area (Å²) < 4.78 is 36.9. The Hall–Kier alpha value is -0.780. The molecule has 1 atom stereocenters. The first-order chi connectivity index (χ1) is 6.75. The maximum Gasteiger partial charge on any atom is 0.415 e. The van der Waals surface area contributed by atoms with Gasteiger partial charge in [0.25, 0.3) is 0 Å². The van der Waals surface area contributed by atoms with Gasteiger partial charge in [-0.1, -0.05) is 12.8 Å². The third-order valence-corrected chi connectivity index (χ3v) is 2.60. The monoisotopic (exact) mass is 224 g/mol. The highest BCUT2D eigenvalue weighted by Gasteiger charge is 2.53. The van der Waals surface area contributed by atoms with Crippen LogP contribution in [-0.4, -0.2) is 24.2 Å². The molecule has 1 aliphatic rings. The van der Waals surface area contributed by atoms with Crippen molar-refractivity contribution >= 4 is 5.91 Å². The molecule has 1 unspecified atom stereocenters. The van der Waals surface area contributed by atoms with Crippen molar-refractivity contribution in [2.24, 2.45) is 11.7 Å². The predicted octanol–water partition coefficient (Wildman–Crippen LogP) is 1.18. The van der Waals surface area contributed by atoms with Gasteiger partial charge in [0.05, 0.1) is 0 Å². The van der Waals surface area contributed by atoms with Crippen LogP contribution in [0.4, 0.5) is 13.2 Å². The van der Waals surface area contributed by atoms with E-state index in [9.17, 15) is 18.0 Å². The Labute approximate surface area is 86.2 Å². The van der Waals surface area contributed by atoms with Gasteiger partial charge in [-0.15, -0.1) is 0 Å². The number of hydrogen-bond acceptors (Lipinski definition) is 2. The summed E-state index contributed by atoms with van der Waals surface area (Å²) in [6.45, 7) is 0.950. The number of amides is 1. The summed E-state index contributed by atoms with van der Waals surface area (Å²) in [5.41, 5.74) is 2.14. The summed E-state index contributed by atoms with van der Waals surface area (Å²) in [7, 11) is 0. The van der Waals surface area contributed by atoms with E-state index in [1.807, 2.05) is 0 Å². The zero-order valence-corrected chi connectivity index (χ0v) is 8.53. The zero-order valence-electron chi connectivity index (χ0n) is 8.53. The molecule has 1 saturated carbocycles. The number of carbonyl (C=O) groups excluding carboxylic acids is 1. The Bertz CT molecular complexity index is 246. The van der Waals surface area contributed by atoms with Gasteiger partial charge < -0.3 is 11.1 Å². The molecule has 6 heteroatoms. The van der Waals surface area contributed by atoms with E-state index in [4.69, 9.17) is 5.73 Å². The van der Waals surface area contributed by atoms with Crippen LogP contribution in [0.25, 0.3) is 0 Å². The number of nitrogens with one attached hydrogen (secondary N) is 1. The van der Waals surface area contributed by atoms with Gasteiger partial charge in [0, 0.05) is 6.54 Å². The molecule has 1 amide bonds. The topological polar surface area (TPSA) is 55.1 Å². The van der Waals surface area contributed by atoms with Crippen molar-refractivity contribution in [1.82, 2.24) is 5.32 Å². The molecule has 0 spiro atoms. The van der Waals surface area contributed by atoms with E-state index in [0.717, 1.165) is 19.3 Å². The molecule has 3 N–H and O–H groups in total. The molecule has 0 bridgehead atoms. The number of rotatable bonds is 4. The van der Waals surface area contributed by atoms with E-state index in [1.165, 1.54) is 0 Å². The van der Waals surface area contributed by atoms with Gasteiger partial charge in [-0.05, 0) is 19.3 Å². The number of alkyl halides is 3. The molecule has 1 fully saturated rings. The largest absolute Gasteiger partial charge is 0.415 e. The molecule has 0 aromatic carbocycles. The van der Waals surface area contributed by atoms with Crippen molar-refractivity contribution in [2.75, 3.05) is 6.54 Å². The normalized spacial score (nSPS) is 20.9. The molecule has 0 aromatic heterocycles. The lowest BCUT2D eigenvalue weighted by molar-refractivity contribution is -0.187. The minimum atomic E-state index is -4.71. The van der Waals surface area contributed by atoms with Crippen LogP contribution < -0.4 is 11.1 Å². The van der Waals surface area contributed by atoms with E-state index < -0.39 is 17.6 Å². The van der Waals surface area contributed by atoms with Gasteiger partial charge >= 0.3 is 6.18 Å². The standard InChI is InChI=1S/C9H15F3N2O/c1-8(13,9(10,11)12)7(15)14-5-4-6-2-3-6/h6H,2-5,13H2,1H3,(H,14,15). The van der Waals surface area contributed by atoms with Crippen LogP contribution in [0, 0.1) is 5.92 Å².